The fourth-order valence-corrected chi connectivity index (χ4v) is 1.44. The second-order valence-electron chi connectivity index (χ2n) is 3.40. The summed E-state index contributed by atoms with van der Waals surface area (Å²) in [6.07, 6.45) is 1.49. The van der Waals surface area contributed by atoms with E-state index in [1.807, 2.05) is 0 Å². The number of aromatic nitrogens is 3. The largest absolute Gasteiger partial charge is 0.390 e. The summed E-state index contributed by atoms with van der Waals surface area (Å²) < 4.78 is 1.51. The Morgan fingerprint density at radius 1 is 1.50 bits per heavy atom. The van der Waals surface area contributed by atoms with Crippen LogP contribution in [-0.4, -0.2) is 25.9 Å². The fourth-order valence-electron chi connectivity index (χ4n) is 1.44. The normalized spacial score (nSPS) is 10.4. The Hall–Kier alpha value is -2.01. The molecule has 0 bridgehead atoms. The van der Waals surface area contributed by atoms with E-state index in [4.69, 9.17) is 5.11 Å². The van der Waals surface area contributed by atoms with Crippen molar-refractivity contribution < 1.29 is 9.90 Å². The average molecular weight is 217 g/mol. The lowest BCUT2D eigenvalue weighted by molar-refractivity contribution is 0.101. The van der Waals surface area contributed by atoms with E-state index in [0.717, 1.165) is 0 Å². The maximum atomic E-state index is 11.2. The SMILES string of the molecule is CC(=O)c1cccc(-n2nncc2CO)c1. The molecular weight excluding hydrogens is 206 g/mol. The molecule has 5 heteroatoms. The minimum atomic E-state index is -0.142. The summed E-state index contributed by atoms with van der Waals surface area (Å²) >= 11 is 0. The molecule has 0 aliphatic carbocycles. The molecule has 5 nitrogen and oxygen atoms in total. The highest BCUT2D eigenvalue weighted by Gasteiger charge is 2.06. The Bertz CT molecular complexity index is 519. The molecule has 0 spiro atoms. The highest BCUT2D eigenvalue weighted by Crippen LogP contribution is 2.12. The number of hydrogen-bond donors (Lipinski definition) is 1. The quantitative estimate of drug-likeness (QED) is 0.777. The van der Waals surface area contributed by atoms with Crippen LogP contribution in [-0.2, 0) is 6.61 Å². The number of aliphatic hydroxyl groups excluding tert-OH is 1. The first kappa shape index (κ1) is 10.5. The van der Waals surface area contributed by atoms with Gasteiger partial charge in [-0.2, -0.15) is 0 Å². The summed E-state index contributed by atoms with van der Waals surface area (Å²) in [5, 5.41) is 16.6. The molecule has 1 aromatic heterocycles. The Balaban J connectivity index is 2.48. The summed E-state index contributed by atoms with van der Waals surface area (Å²) in [7, 11) is 0. The summed E-state index contributed by atoms with van der Waals surface area (Å²) in [5.74, 6) is -0.00693. The van der Waals surface area contributed by atoms with Gasteiger partial charge in [0, 0.05) is 5.56 Å². The third kappa shape index (κ3) is 1.85. The van der Waals surface area contributed by atoms with Crippen LogP contribution < -0.4 is 0 Å². The number of ketones is 1. The van der Waals surface area contributed by atoms with Crippen molar-refractivity contribution in [2.24, 2.45) is 0 Å². The third-order valence-corrected chi connectivity index (χ3v) is 2.28. The van der Waals surface area contributed by atoms with Gasteiger partial charge in [0.15, 0.2) is 5.78 Å². The number of carbonyl (C=O) groups excluding carboxylic acids is 1. The Morgan fingerprint density at radius 2 is 2.31 bits per heavy atom. The summed E-state index contributed by atoms with van der Waals surface area (Å²) in [6, 6.07) is 7.03. The van der Waals surface area contributed by atoms with Crippen LogP contribution in [0.5, 0.6) is 0 Å². The van der Waals surface area contributed by atoms with Crippen molar-refractivity contribution in [3.63, 3.8) is 0 Å². The first-order valence-corrected chi connectivity index (χ1v) is 4.84. The van der Waals surface area contributed by atoms with Crippen molar-refractivity contribution in [3.05, 3.63) is 41.7 Å². The zero-order valence-electron chi connectivity index (χ0n) is 8.79. The van der Waals surface area contributed by atoms with Gasteiger partial charge in [-0.15, -0.1) is 5.10 Å². The van der Waals surface area contributed by atoms with E-state index in [0.29, 0.717) is 16.9 Å². The van der Waals surface area contributed by atoms with Crippen LogP contribution in [0.25, 0.3) is 5.69 Å². The summed E-state index contributed by atoms with van der Waals surface area (Å²) in [4.78, 5) is 11.2. The van der Waals surface area contributed by atoms with Gasteiger partial charge in [-0.05, 0) is 19.1 Å². The second kappa shape index (κ2) is 4.24. The molecule has 16 heavy (non-hydrogen) atoms. The lowest BCUT2D eigenvalue weighted by Gasteiger charge is -2.05. The number of carbonyl (C=O) groups is 1. The molecule has 0 saturated heterocycles. The number of nitrogens with zero attached hydrogens (tertiary/aromatic N) is 3. The topological polar surface area (TPSA) is 68.0 Å². The van der Waals surface area contributed by atoms with Crippen molar-refractivity contribution >= 4 is 5.78 Å². The van der Waals surface area contributed by atoms with Crippen molar-refractivity contribution in [2.45, 2.75) is 13.5 Å². The van der Waals surface area contributed by atoms with Gasteiger partial charge in [0.1, 0.15) is 0 Å². The van der Waals surface area contributed by atoms with Crippen LogP contribution in [0.3, 0.4) is 0 Å². The van der Waals surface area contributed by atoms with Crippen LogP contribution in [0.15, 0.2) is 30.5 Å². The molecular formula is C11H11N3O2. The van der Waals surface area contributed by atoms with E-state index in [1.54, 1.807) is 24.3 Å². The minimum absolute atomic E-state index is 0.00693. The molecule has 0 radical (unpaired) electrons. The zero-order chi connectivity index (χ0) is 11.5. The van der Waals surface area contributed by atoms with Crippen LogP contribution >= 0.6 is 0 Å². The fraction of sp³-hybridized carbons (Fsp3) is 0.182. The number of aliphatic hydroxyl groups is 1. The van der Waals surface area contributed by atoms with Crippen molar-refractivity contribution in [1.29, 1.82) is 0 Å². The molecule has 82 valence electrons. The predicted molar refractivity (Wildman–Crippen MR) is 57.3 cm³/mol. The van der Waals surface area contributed by atoms with Crippen molar-refractivity contribution in [2.75, 3.05) is 0 Å². The van der Waals surface area contributed by atoms with Crippen molar-refractivity contribution in [3.8, 4) is 5.69 Å². The number of hydrogen-bond acceptors (Lipinski definition) is 4. The van der Waals surface area contributed by atoms with E-state index in [2.05, 4.69) is 10.3 Å². The van der Waals surface area contributed by atoms with Gasteiger partial charge in [-0.1, -0.05) is 17.3 Å². The Kier molecular flexibility index (Phi) is 2.78. The number of benzene rings is 1. The smallest absolute Gasteiger partial charge is 0.159 e. The standard InChI is InChI=1S/C11H11N3O2/c1-8(16)9-3-2-4-10(5-9)14-11(7-15)6-12-13-14/h2-6,15H,7H2,1H3. The molecule has 1 N–H and O–H groups in total. The van der Waals surface area contributed by atoms with Gasteiger partial charge in [-0.3, -0.25) is 4.79 Å². The molecule has 0 aliphatic heterocycles. The summed E-state index contributed by atoms with van der Waals surface area (Å²) in [5.41, 5.74) is 1.91. The van der Waals surface area contributed by atoms with Gasteiger partial charge < -0.3 is 5.11 Å². The van der Waals surface area contributed by atoms with Crippen LogP contribution in [0, 0.1) is 0 Å². The Labute approximate surface area is 92.3 Å². The van der Waals surface area contributed by atoms with Crippen LogP contribution in [0.2, 0.25) is 0 Å². The molecule has 1 heterocycles. The maximum Gasteiger partial charge on any atom is 0.159 e. The molecule has 1 aromatic carbocycles. The predicted octanol–water partition coefficient (Wildman–Crippen LogP) is 0.962. The van der Waals surface area contributed by atoms with Crippen molar-refractivity contribution in [1.82, 2.24) is 15.0 Å². The van der Waals surface area contributed by atoms with E-state index in [1.165, 1.54) is 17.8 Å². The lowest BCUT2D eigenvalue weighted by atomic mass is 10.1. The average Bonchev–Trinajstić information content (AvgIpc) is 2.77. The van der Waals surface area contributed by atoms with E-state index >= 15 is 0 Å². The number of rotatable bonds is 3. The van der Waals surface area contributed by atoms with Gasteiger partial charge in [0.25, 0.3) is 0 Å². The zero-order valence-corrected chi connectivity index (χ0v) is 8.79. The number of Topliss-reactive ketones (excluding diaryl/α,β-unsaturated/α-hetero) is 1. The monoisotopic (exact) mass is 217 g/mol. The lowest BCUT2D eigenvalue weighted by Crippen LogP contribution is -2.03. The maximum absolute atomic E-state index is 11.2. The second-order valence-corrected chi connectivity index (χ2v) is 3.40. The molecule has 0 saturated carbocycles. The van der Waals surface area contributed by atoms with Crippen LogP contribution in [0.1, 0.15) is 23.0 Å². The minimum Gasteiger partial charge on any atom is -0.390 e. The first-order chi connectivity index (χ1) is 7.72. The highest BCUT2D eigenvalue weighted by molar-refractivity contribution is 5.94. The highest BCUT2D eigenvalue weighted by atomic mass is 16.3. The van der Waals surface area contributed by atoms with Gasteiger partial charge in [-0.25, -0.2) is 4.68 Å². The van der Waals surface area contributed by atoms with E-state index in [9.17, 15) is 4.79 Å². The van der Waals surface area contributed by atoms with E-state index < -0.39 is 0 Å². The Morgan fingerprint density at radius 3 is 3.00 bits per heavy atom. The van der Waals surface area contributed by atoms with Gasteiger partial charge in [0.05, 0.1) is 24.2 Å². The molecule has 2 aromatic rings. The molecule has 2 rings (SSSR count). The van der Waals surface area contributed by atoms with Gasteiger partial charge >= 0.3 is 0 Å². The van der Waals surface area contributed by atoms with Gasteiger partial charge in [0.2, 0.25) is 0 Å². The van der Waals surface area contributed by atoms with E-state index in [-0.39, 0.29) is 12.4 Å². The third-order valence-electron chi connectivity index (χ3n) is 2.28. The molecule has 0 unspecified atom stereocenters. The summed E-state index contributed by atoms with van der Waals surface area (Å²) in [6.45, 7) is 1.37. The molecule has 0 fully saturated rings. The van der Waals surface area contributed by atoms with Crippen LogP contribution in [0.4, 0.5) is 0 Å². The molecule has 0 amide bonds. The molecule has 0 aliphatic rings. The first-order valence-electron chi connectivity index (χ1n) is 4.84. The molecule has 0 atom stereocenters.